The summed E-state index contributed by atoms with van der Waals surface area (Å²) in [7, 11) is 2.85. The minimum atomic E-state index is -1.25. The molecule has 0 aromatic heterocycles. The summed E-state index contributed by atoms with van der Waals surface area (Å²) in [5.41, 5.74) is 1.31. The number of ketones is 2. The molecule has 7 nitrogen and oxygen atoms in total. The number of carbonyl (C=O) groups excluding carboxylic acids is 3. The topological polar surface area (TPSA) is 88.1 Å². The highest BCUT2D eigenvalue weighted by molar-refractivity contribution is 6.00. The van der Waals surface area contributed by atoms with Crippen molar-refractivity contribution in [2.24, 2.45) is 17.3 Å². The zero-order valence-corrected chi connectivity index (χ0v) is 22.1. The van der Waals surface area contributed by atoms with Gasteiger partial charge in [0.15, 0.2) is 0 Å². The van der Waals surface area contributed by atoms with Gasteiger partial charge in [0.2, 0.25) is 0 Å². The second-order valence-corrected chi connectivity index (χ2v) is 10.0. The Labute approximate surface area is 224 Å². The van der Waals surface area contributed by atoms with Crippen molar-refractivity contribution in [3.05, 3.63) is 83.9 Å². The molecule has 2 aliphatic rings. The molecule has 0 saturated heterocycles. The smallest absolute Gasteiger partial charge is 0.316 e. The Morgan fingerprint density at radius 2 is 1.55 bits per heavy atom. The molecule has 0 aliphatic heterocycles. The highest BCUT2D eigenvalue weighted by atomic mass is 16.6. The fraction of sp³-hybridized carbons (Fsp3) is 0.452. The highest BCUT2D eigenvalue weighted by Gasteiger charge is 2.62. The van der Waals surface area contributed by atoms with Crippen molar-refractivity contribution >= 4 is 17.5 Å². The van der Waals surface area contributed by atoms with E-state index >= 15 is 0 Å². The van der Waals surface area contributed by atoms with Crippen LogP contribution in [0, 0.1) is 17.3 Å². The van der Waals surface area contributed by atoms with Crippen LogP contribution in [0.1, 0.15) is 36.8 Å². The van der Waals surface area contributed by atoms with E-state index in [-0.39, 0.29) is 44.0 Å². The van der Waals surface area contributed by atoms with Gasteiger partial charge in [0.1, 0.15) is 17.7 Å². The molecule has 0 radical (unpaired) electrons. The Morgan fingerprint density at radius 3 is 2.16 bits per heavy atom. The molecule has 5 atom stereocenters. The second kappa shape index (κ2) is 12.6. The van der Waals surface area contributed by atoms with Crippen LogP contribution in [0.15, 0.2) is 72.8 Å². The van der Waals surface area contributed by atoms with Gasteiger partial charge < -0.3 is 18.9 Å². The summed E-state index contributed by atoms with van der Waals surface area (Å²) in [6, 6.07) is 19.3. The van der Waals surface area contributed by atoms with E-state index in [1.807, 2.05) is 60.7 Å². The Bertz CT molecular complexity index is 1120. The molecule has 38 heavy (non-hydrogen) atoms. The summed E-state index contributed by atoms with van der Waals surface area (Å²) in [6.07, 6.45) is -0.540. The average molecular weight is 521 g/mol. The number of hydrogen-bond donors (Lipinski definition) is 0. The predicted octanol–water partition coefficient (Wildman–Crippen LogP) is 4.48. The lowest BCUT2D eigenvalue weighted by Gasteiger charge is -2.50. The number of esters is 1. The van der Waals surface area contributed by atoms with Gasteiger partial charge >= 0.3 is 5.97 Å². The maximum absolute atomic E-state index is 13.6. The first-order valence-corrected chi connectivity index (χ1v) is 13.0. The lowest BCUT2D eigenvalue weighted by Crippen LogP contribution is -2.60. The number of rotatable bonds is 11. The SMILES string of the molecule is C=C1CCC(=O)[C@@H]2[C@@H]([C@H](OCc3ccccc3)[C@@H](COCc3ccccc3)OC)C(=O)CC[C@@]12C(=O)OC. The van der Waals surface area contributed by atoms with Crippen LogP contribution in [0.3, 0.4) is 0 Å². The molecule has 2 aliphatic carbocycles. The zero-order valence-electron chi connectivity index (χ0n) is 22.1. The van der Waals surface area contributed by atoms with E-state index in [0.29, 0.717) is 18.6 Å². The first-order valence-electron chi connectivity index (χ1n) is 13.0. The number of fused-ring (bicyclic) bond motifs is 1. The first-order chi connectivity index (χ1) is 18.4. The summed E-state index contributed by atoms with van der Waals surface area (Å²) in [5.74, 6) is -2.62. The lowest BCUT2D eigenvalue weighted by molar-refractivity contribution is -0.179. The molecule has 0 bridgehead atoms. The van der Waals surface area contributed by atoms with Crippen molar-refractivity contribution in [1.82, 2.24) is 0 Å². The van der Waals surface area contributed by atoms with E-state index in [9.17, 15) is 14.4 Å². The van der Waals surface area contributed by atoms with Crippen LogP contribution in [0.4, 0.5) is 0 Å². The molecular formula is C31H36O7. The van der Waals surface area contributed by atoms with Crippen molar-refractivity contribution in [3.63, 3.8) is 0 Å². The summed E-state index contributed by atoms with van der Waals surface area (Å²) >= 11 is 0. The molecule has 202 valence electrons. The quantitative estimate of drug-likeness (QED) is 0.319. The van der Waals surface area contributed by atoms with Crippen LogP contribution in [-0.4, -0.2) is 50.6 Å². The van der Waals surface area contributed by atoms with Gasteiger partial charge in [-0.15, -0.1) is 0 Å². The molecule has 0 amide bonds. The summed E-state index contributed by atoms with van der Waals surface area (Å²) in [4.78, 5) is 40.4. The standard InChI is InChI=1S/C31H36O7/c1-21-14-15-25(33)28-27(24(32)16-17-31(21,28)30(34)36-3)29(38-19-23-12-8-5-9-13-23)26(35-2)20-37-18-22-10-6-4-7-11-22/h4-13,26-29H,1,14-20H2,2-3H3/t26-,27+,28-,29-,31-/m1/s1. The molecular weight excluding hydrogens is 484 g/mol. The van der Waals surface area contributed by atoms with E-state index in [4.69, 9.17) is 18.9 Å². The minimum absolute atomic E-state index is 0.120. The van der Waals surface area contributed by atoms with Crippen molar-refractivity contribution in [1.29, 1.82) is 0 Å². The maximum Gasteiger partial charge on any atom is 0.316 e. The Kier molecular flexibility index (Phi) is 9.26. The third kappa shape index (κ3) is 5.65. The number of methoxy groups -OCH3 is 2. The average Bonchev–Trinajstić information content (AvgIpc) is 2.95. The van der Waals surface area contributed by atoms with Gasteiger partial charge in [-0.2, -0.15) is 0 Å². The Balaban J connectivity index is 1.67. The molecule has 0 N–H and O–H groups in total. The maximum atomic E-state index is 13.6. The molecule has 2 aromatic carbocycles. The van der Waals surface area contributed by atoms with Crippen LogP contribution in [0.2, 0.25) is 0 Å². The summed E-state index contributed by atoms with van der Waals surface area (Å²) < 4.78 is 23.5. The Hall–Kier alpha value is -3.13. The van der Waals surface area contributed by atoms with Crippen LogP contribution in [-0.2, 0) is 46.5 Å². The number of carbonyl (C=O) groups is 3. The number of ether oxygens (including phenoxy) is 4. The number of Topliss-reactive ketones (excluding diaryl/α,β-unsaturated/α-hetero) is 2. The van der Waals surface area contributed by atoms with Crippen molar-refractivity contribution in [2.45, 2.75) is 51.1 Å². The summed E-state index contributed by atoms with van der Waals surface area (Å²) in [5, 5.41) is 0. The Morgan fingerprint density at radius 1 is 0.921 bits per heavy atom. The van der Waals surface area contributed by atoms with E-state index in [1.165, 1.54) is 14.2 Å². The van der Waals surface area contributed by atoms with Crippen LogP contribution in [0.25, 0.3) is 0 Å². The third-order valence-corrected chi connectivity index (χ3v) is 7.93. The van der Waals surface area contributed by atoms with E-state index < -0.39 is 35.4 Å². The normalized spacial score (nSPS) is 24.9. The monoisotopic (exact) mass is 520 g/mol. The van der Waals surface area contributed by atoms with Crippen molar-refractivity contribution in [3.8, 4) is 0 Å². The highest BCUT2D eigenvalue weighted by Crippen LogP contribution is 2.55. The summed E-state index contributed by atoms with van der Waals surface area (Å²) in [6.45, 7) is 4.88. The molecule has 2 aromatic rings. The van der Waals surface area contributed by atoms with E-state index in [1.54, 1.807) is 0 Å². The molecule has 2 fully saturated rings. The van der Waals surface area contributed by atoms with Gasteiger partial charge in [0.25, 0.3) is 0 Å². The molecule has 0 spiro atoms. The lowest BCUT2D eigenvalue weighted by atomic mass is 9.52. The molecule has 0 heterocycles. The number of hydrogen-bond acceptors (Lipinski definition) is 7. The van der Waals surface area contributed by atoms with Crippen LogP contribution < -0.4 is 0 Å². The van der Waals surface area contributed by atoms with Gasteiger partial charge in [0.05, 0.1) is 44.4 Å². The zero-order chi connectivity index (χ0) is 27.1. The number of benzene rings is 2. The van der Waals surface area contributed by atoms with E-state index in [0.717, 1.165) is 11.1 Å². The largest absolute Gasteiger partial charge is 0.468 e. The first kappa shape index (κ1) is 27.9. The minimum Gasteiger partial charge on any atom is -0.468 e. The third-order valence-electron chi connectivity index (χ3n) is 7.93. The molecule has 4 rings (SSSR count). The molecule has 2 saturated carbocycles. The molecule has 0 unspecified atom stereocenters. The van der Waals surface area contributed by atoms with Crippen molar-refractivity contribution < 1.29 is 33.3 Å². The van der Waals surface area contributed by atoms with Gasteiger partial charge in [-0.25, -0.2) is 0 Å². The van der Waals surface area contributed by atoms with Gasteiger partial charge in [0, 0.05) is 25.9 Å². The van der Waals surface area contributed by atoms with Gasteiger partial charge in [-0.3, -0.25) is 14.4 Å². The molecule has 7 heteroatoms. The van der Waals surface area contributed by atoms with Gasteiger partial charge in [-0.05, 0) is 24.0 Å². The second-order valence-electron chi connectivity index (χ2n) is 10.0. The van der Waals surface area contributed by atoms with E-state index in [2.05, 4.69) is 6.58 Å². The van der Waals surface area contributed by atoms with Crippen LogP contribution in [0.5, 0.6) is 0 Å². The fourth-order valence-electron chi connectivity index (χ4n) is 5.96. The predicted molar refractivity (Wildman–Crippen MR) is 141 cm³/mol. The van der Waals surface area contributed by atoms with Crippen LogP contribution >= 0.6 is 0 Å². The van der Waals surface area contributed by atoms with Crippen molar-refractivity contribution in [2.75, 3.05) is 20.8 Å². The fourth-order valence-corrected chi connectivity index (χ4v) is 5.96. The van der Waals surface area contributed by atoms with Gasteiger partial charge in [-0.1, -0.05) is 72.8 Å².